The molecular formula is C39H64O4. The standard InChI is InChI=1S/C39H64O4/c1-3-5-6-7-8-9-10-11-12-13-14-15-16-17-21-24-27-30-33-36-39(42)43-37(4-2)34-31-28-25-22-19-18-20-23-26-29-32-35-38(40)41/h5-6,8-9,11-12,14-15,17,21,27,30,37H,3-4,7,10,13,16,18-20,22-26,28-29,31-36H2,1-2H3,(H,40,41)/b6-5-,9-8-,12-11-,15-14-,21-17-,30-27-. The highest BCUT2D eigenvalue weighted by Crippen LogP contribution is 2.15. The zero-order valence-electron chi connectivity index (χ0n) is 27.7. The van der Waals surface area contributed by atoms with E-state index in [1.165, 1.54) is 44.9 Å². The van der Waals surface area contributed by atoms with E-state index < -0.39 is 5.97 Å². The van der Waals surface area contributed by atoms with Crippen molar-refractivity contribution in [2.75, 3.05) is 0 Å². The van der Waals surface area contributed by atoms with E-state index in [4.69, 9.17) is 9.84 Å². The summed E-state index contributed by atoms with van der Waals surface area (Å²) in [7, 11) is 0. The van der Waals surface area contributed by atoms with Gasteiger partial charge in [0.2, 0.25) is 0 Å². The number of rotatable bonds is 30. The first-order valence-corrected chi connectivity index (χ1v) is 17.4. The Morgan fingerprint density at radius 1 is 0.535 bits per heavy atom. The number of esters is 1. The average molecular weight is 597 g/mol. The largest absolute Gasteiger partial charge is 0.481 e. The van der Waals surface area contributed by atoms with Crippen LogP contribution in [-0.2, 0) is 14.3 Å². The highest BCUT2D eigenvalue weighted by Gasteiger charge is 2.11. The molecule has 0 aliphatic carbocycles. The van der Waals surface area contributed by atoms with E-state index in [0.29, 0.717) is 12.8 Å². The van der Waals surface area contributed by atoms with Crippen LogP contribution in [0.15, 0.2) is 72.9 Å². The van der Waals surface area contributed by atoms with Crippen LogP contribution in [0.3, 0.4) is 0 Å². The predicted molar refractivity (Wildman–Crippen MR) is 185 cm³/mol. The van der Waals surface area contributed by atoms with Crippen molar-refractivity contribution >= 4 is 11.9 Å². The van der Waals surface area contributed by atoms with E-state index in [1.54, 1.807) is 0 Å². The Hall–Kier alpha value is -2.62. The minimum absolute atomic E-state index is 0.0545. The first kappa shape index (κ1) is 40.4. The third-order valence-electron chi connectivity index (χ3n) is 7.28. The van der Waals surface area contributed by atoms with Gasteiger partial charge in [-0.3, -0.25) is 9.59 Å². The molecule has 1 N–H and O–H groups in total. The summed E-state index contributed by atoms with van der Waals surface area (Å²) in [6.07, 6.45) is 48.6. The molecule has 0 aliphatic rings. The third kappa shape index (κ3) is 33.7. The van der Waals surface area contributed by atoms with Gasteiger partial charge in [-0.25, -0.2) is 0 Å². The van der Waals surface area contributed by atoms with Gasteiger partial charge in [-0.2, -0.15) is 0 Å². The van der Waals surface area contributed by atoms with Crippen molar-refractivity contribution in [3.8, 4) is 0 Å². The number of allylic oxidation sites excluding steroid dienone is 12. The summed E-state index contributed by atoms with van der Waals surface area (Å²) in [5.41, 5.74) is 0. The van der Waals surface area contributed by atoms with Crippen LogP contribution in [0.1, 0.15) is 155 Å². The van der Waals surface area contributed by atoms with Gasteiger partial charge in [-0.1, -0.05) is 145 Å². The predicted octanol–water partition coefficient (Wildman–Crippen LogP) is 11.9. The Bertz CT molecular complexity index is 815. The minimum atomic E-state index is -0.680. The normalized spacial score (nSPS) is 13.2. The summed E-state index contributed by atoms with van der Waals surface area (Å²) >= 11 is 0. The zero-order chi connectivity index (χ0) is 31.5. The van der Waals surface area contributed by atoms with Gasteiger partial charge < -0.3 is 9.84 Å². The van der Waals surface area contributed by atoms with Gasteiger partial charge in [0.15, 0.2) is 0 Å². The maximum atomic E-state index is 12.2. The molecule has 43 heavy (non-hydrogen) atoms. The minimum Gasteiger partial charge on any atom is -0.481 e. The molecule has 0 aromatic heterocycles. The van der Waals surface area contributed by atoms with Gasteiger partial charge in [0.1, 0.15) is 6.10 Å². The van der Waals surface area contributed by atoms with Crippen molar-refractivity contribution < 1.29 is 19.4 Å². The maximum Gasteiger partial charge on any atom is 0.306 e. The van der Waals surface area contributed by atoms with Gasteiger partial charge in [0.05, 0.1) is 0 Å². The van der Waals surface area contributed by atoms with Crippen molar-refractivity contribution in [3.63, 3.8) is 0 Å². The number of carbonyl (C=O) groups excluding carboxylic acids is 1. The van der Waals surface area contributed by atoms with Gasteiger partial charge in [0.25, 0.3) is 0 Å². The van der Waals surface area contributed by atoms with E-state index in [9.17, 15) is 9.59 Å². The number of aliphatic carboxylic acids is 1. The molecule has 0 aromatic rings. The van der Waals surface area contributed by atoms with Crippen LogP contribution in [0.2, 0.25) is 0 Å². The third-order valence-corrected chi connectivity index (χ3v) is 7.28. The number of carboxylic acid groups (broad SMARTS) is 1. The lowest BCUT2D eigenvalue weighted by Crippen LogP contribution is -2.17. The fourth-order valence-electron chi connectivity index (χ4n) is 4.67. The second-order valence-electron chi connectivity index (χ2n) is 11.3. The number of carboxylic acids is 1. The van der Waals surface area contributed by atoms with Gasteiger partial charge in [-0.15, -0.1) is 0 Å². The smallest absolute Gasteiger partial charge is 0.306 e. The summed E-state index contributed by atoms with van der Waals surface area (Å²) in [5, 5.41) is 8.65. The van der Waals surface area contributed by atoms with Crippen molar-refractivity contribution in [2.24, 2.45) is 0 Å². The lowest BCUT2D eigenvalue weighted by atomic mass is 10.0. The second-order valence-corrected chi connectivity index (χ2v) is 11.3. The first-order valence-electron chi connectivity index (χ1n) is 17.4. The van der Waals surface area contributed by atoms with Crippen LogP contribution < -0.4 is 0 Å². The second kappa shape index (κ2) is 33.9. The summed E-state index contributed by atoms with van der Waals surface area (Å²) in [5.74, 6) is -0.755. The molecule has 0 spiro atoms. The number of carbonyl (C=O) groups is 2. The summed E-state index contributed by atoms with van der Waals surface area (Å²) in [6.45, 7) is 4.26. The van der Waals surface area contributed by atoms with Crippen LogP contribution in [0, 0.1) is 0 Å². The fraction of sp³-hybridized carbons (Fsp3) is 0.641. The van der Waals surface area contributed by atoms with E-state index >= 15 is 0 Å². The van der Waals surface area contributed by atoms with Gasteiger partial charge >= 0.3 is 11.9 Å². The Kier molecular flexibility index (Phi) is 31.8. The maximum absolute atomic E-state index is 12.2. The van der Waals surface area contributed by atoms with Crippen molar-refractivity contribution in [2.45, 2.75) is 161 Å². The molecule has 0 heterocycles. The molecule has 1 unspecified atom stereocenters. The van der Waals surface area contributed by atoms with Crippen LogP contribution in [0.5, 0.6) is 0 Å². The molecule has 0 saturated carbocycles. The number of unbranched alkanes of at least 4 members (excludes halogenated alkanes) is 10. The quantitative estimate of drug-likeness (QED) is 0.0509. The first-order chi connectivity index (χ1) is 21.1. The molecule has 4 nitrogen and oxygen atoms in total. The highest BCUT2D eigenvalue weighted by molar-refractivity contribution is 5.69. The summed E-state index contributed by atoms with van der Waals surface area (Å²) in [6, 6.07) is 0. The van der Waals surface area contributed by atoms with Crippen LogP contribution in [0.4, 0.5) is 0 Å². The van der Waals surface area contributed by atoms with Crippen molar-refractivity contribution in [1.82, 2.24) is 0 Å². The SMILES string of the molecule is CC/C=C\C/C=C\C/C=C\C/C=C\C/C=C\C/C=C\CCC(=O)OC(CC)CCCCCCCCCCCCCC(=O)O. The van der Waals surface area contributed by atoms with E-state index in [1.807, 2.05) is 0 Å². The Balaban J connectivity index is 3.66. The number of hydrogen-bond acceptors (Lipinski definition) is 3. The van der Waals surface area contributed by atoms with Crippen molar-refractivity contribution in [3.05, 3.63) is 72.9 Å². The van der Waals surface area contributed by atoms with Crippen LogP contribution >= 0.6 is 0 Å². The molecule has 0 rings (SSSR count). The topological polar surface area (TPSA) is 63.6 Å². The Morgan fingerprint density at radius 3 is 1.35 bits per heavy atom. The summed E-state index contributed by atoms with van der Waals surface area (Å²) in [4.78, 5) is 22.7. The van der Waals surface area contributed by atoms with Crippen LogP contribution in [-0.4, -0.2) is 23.1 Å². The Morgan fingerprint density at radius 2 is 0.930 bits per heavy atom. The molecule has 0 saturated heterocycles. The van der Waals surface area contributed by atoms with Crippen LogP contribution in [0.25, 0.3) is 0 Å². The van der Waals surface area contributed by atoms with E-state index in [0.717, 1.165) is 83.5 Å². The number of hydrogen-bond donors (Lipinski definition) is 1. The van der Waals surface area contributed by atoms with E-state index in [-0.39, 0.29) is 12.1 Å². The Labute approximate surface area is 265 Å². The molecule has 0 bridgehead atoms. The molecule has 0 aliphatic heterocycles. The van der Waals surface area contributed by atoms with Gasteiger partial charge in [0, 0.05) is 12.8 Å². The molecule has 0 amide bonds. The van der Waals surface area contributed by atoms with E-state index in [2.05, 4.69) is 86.8 Å². The molecular weight excluding hydrogens is 532 g/mol. The lowest BCUT2D eigenvalue weighted by molar-refractivity contribution is -0.149. The molecule has 4 heteroatoms. The molecule has 0 aromatic carbocycles. The van der Waals surface area contributed by atoms with Crippen molar-refractivity contribution in [1.29, 1.82) is 0 Å². The highest BCUT2D eigenvalue weighted by atomic mass is 16.5. The lowest BCUT2D eigenvalue weighted by Gasteiger charge is -2.16. The molecule has 244 valence electrons. The molecule has 0 fully saturated rings. The average Bonchev–Trinajstić information content (AvgIpc) is 2.99. The molecule has 1 atom stereocenters. The monoisotopic (exact) mass is 596 g/mol. The fourth-order valence-corrected chi connectivity index (χ4v) is 4.67. The van der Waals surface area contributed by atoms with Gasteiger partial charge in [-0.05, 0) is 70.6 Å². The number of ether oxygens (including phenoxy) is 1. The zero-order valence-corrected chi connectivity index (χ0v) is 27.7. The summed E-state index contributed by atoms with van der Waals surface area (Å²) < 4.78 is 5.71. The molecule has 0 radical (unpaired) electrons.